The number of guanidine groups is 1. The third-order valence-corrected chi connectivity index (χ3v) is 7.86. The normalized spacial score (nSPS) is 24.1. The molecule has 1 aliphatic carbocycles. The van der Waals surface area contributed by atoms with Gasteiger partial charge in [-0.3, -0.25) is 13.4 Å². The fourth-order valence-electron chi connectivity index (χ4n) is 2.81. The summed E-state index contributed by atoms with van der Waals surface area (Å²) >= 11 is 0. The first-order valence-corrected chi connectivity index (χ1v) is 11.8. The van der Waals surface area contributed by atoms with Gasteiger partial charge in [0.25, 0.3) is 0 Å². The number of nitrogens with one attached hydrogen (secondary N) is 2. The second kappa shape index (κ2) is 12.6. The summed E-state index contributed by atoms with van der Waals surface area (Å²) < 4.78 is 24.0. The molecule has 1 fully saturated rings. The minimum atomic E-state index is -0.880. The van der Waals surface area contributed by atoms with Crippen molar-refractivity contribution in [1.29, 1.82) is 0 Å². The Balaban J connectivity index is 0.00000576. The summed E-state index contributed by atoms with van der Waals surface area (Å²) in [6.45, 7) is 11.4. The first-order valence-electron chi connectivity index (χ1n) is 9.08. The van der Waals surface area contributed by atoms with Gasteiger partial charge in [-0.2, -0.15) is 0 Å². The van der Waals surface area contributed by atoms with Crippen molar-refractivity contribution in [3.8, 4) is 0 Å². The number of halogens is 1. The van der Waals surface area contributed by atoms with E-state index >= 15 is 0 Å². The van der Waals surface area contributed by atoms with Crippen LogP contribution in [0.2, 0.25) is 0 Å². The molecule has 25 heavy (non-hydrogen) atoms. The van der Waals surface area contributed by atoms with Crippen LogP contribution in [0.15, 0.2) is 4.99 Å². The van der Waals surface area contributed by atoms with Gasteiger partial charge < -0.3 is 10.6 Å². The highest BCUT2D eigenvalue weighted by Gasteiger charge is 2.26. The highest BCUT2D eigenvalue weighted by atomic mass is 127. The smallest absolute Gasteiger partial charge is 0.191 e. The molecule has 4 atom stereocenters. The van der Waals surface area contributed by atoms with Crippen LogP contribution < -0.4 is 10.6 Å². The fraction of sp³-hybridized carbons (Fsp3) is 0.941. The predicted octanol–water partition coefficient (Wildman–Crippen LogP) is 2.79. The molecule has 0 aromatic rings. The van der Waals surface area contributed by atoms with Crippen LogP contribution in [0, 0.1) is 0 Å². The van der Waals surface area contributed by atoms with E-state index in [1.165, 1.54) is 0 Å². The lowest BCUT2D eigenvalue weighted by Gasteiger charge is -2.30. The maximum atomic E-state index is 12.1. The maximum absolute atomic E-state index is 12.1. The third-order valence-electron chi connectivity index (χ3n) is 4.20. The molecule has 150 valence electrons. The van der Waals surface area contributed by atoms with Crippen LogP contribution in [-0.4, -0.2) is 55.0 Å². The molecule has 0 bridgehead atoms. The van der Waals surface area contributed by atoms with Gasteiger partial charge in [-0.05, 0) is 47.0 Å². The third kappa shape index (κ3) is 9.70. The topological polar surface area (TPSA) is 70.6 Å². The molecule has 0 amide bonds. The average molecular weight is 506 g/mol. The second-order valence-electron chi connectivity index (χ2n) is 7.22. The summed E-state index contributed by atoms with van der Waals surface area (Å²) in [6.07, 6.45) is 4.22. The van der Waals surface area contributed by atoms with E-state index in [4.69, 9.17) is 0 Å². The van der Waals surface area contributed by atoms with Gasteiger partial charge in [-0.15, -0.1) is 24.0 Å². The van der Waals surface area contributed by atoms with Crippen molar-refractivity contribution in [1.82, 2.24) is 10.6 Å². The summed E-state index contributed by atoms with van der Waals surface area (Å²) in [7, 11) is -1.60. The van der Waals surface area contributed by atoms with Crippen molar-refractivity contribution in [3.63, 3.8) is 0 Å². The van der Waals surface area contributed by atoms with Gasteiger partial charge in [0, 0.05) is 55.7 Å². The Kier molecular flexibility index (Phi) is 12.8. The van der Waals surface area contributed by atoms with Crippen molar-refractivity contribution >= 4 is 51.5 Å². The van der Waals surface area contributed by atoms with Gasteiger partial charge in [0.2, 0.25) is 0 Å². The van der Waals surface area contributed by atoms with Crippen molar-refractivity contribution in [2.24, 2.45) is 4.99 Å². The monoisotopic (exact) mass is 505 g/mol. The number of nitrogens with zero attached hydrogens (tertiary/aromatic N) is 1. The lowest BCUT2D eigenvalue weighted by molar-refractivity contribution is 0.413. The molecule has 1 rings (SSSR count). The quantitative estimate of drug-likeness (QED) is 0.317. The van der Waals surface area contributed by atoms with E-state index in [-0.39, 0.29) is 28.7 Å². The van der Waals surface area contributed by atoms with Gasteiger partial charge in [0.05, 0.1) is 6.54 Å². The van der Waals surface area contributed by atoms with E-state index in [9.17, 15) is 8.42 Å². The average Bonchev–Trinajstić information content (AvgIpc) is 2.53. The molecule has 5 nitrogen and oxygen atoms in total. The Labute approximate surface area is 175 Å². The molecule has 0 saturated heterocycles. The number of aliphatic imine (C=N–C) groups is 1. The lowest BCUT2D eigenvalue weighted by Crippen LogP contribution is -2.46. The Morgan fingerprint density at radius 1 is 1.20 bits per heavy atom. The predicted molar refractivity (Wildman–Crippen MR) is 122 cm³/mol. The zero-order valence-corrected chi connectivity index (χ0v) is 20.3. The van der Waals surface area contributed by atoms with Crippen LogP contribution in [-0.2, 0) is 21.6 Å². The molecule has 1 aliphatic rings. The van der Waals surface area contributed by atoms with E-state index in [2.05, 4.69) is 15.6 Å². The van der Waals surface area contributed by atoms with Crippen molar-refractivity contribution in [3.05, 3.63) is 0 Å². The Morgan fingerprint density at radius 3 is 2.44 bits per heavy atom. The zero-order valence-electron chi connectivity index (χ0n) is 16.3. The largest absolute Gasteiger partial charge is 0.357 e. The van der Waals surface area contributed by atoms with Gasteiger partial charge >= 0.3 is 0 Å². The van der Waals surface area contributed by atoms with Crippen LogP contribution in [0.5, 0.6) is 0 Å². The van der Waals surface area contributed by atoms with Crippen LogP contribution >= 0.6 is 24.0 Å². The minimum absolute atomic E-state index is 0. The molecule has 1 saturated carbocycles. The van der Waals surface area contributed by atoms with Gasteiger partial charge in [-0.25, -0.2) is 0 Å². The van der Waals surface area contributed by atoms with Gasteiger partial charge in [0.15, 0.2) is 5.96 Å². The molecular formula is C17H36IN3O2S2. The first-order chi connectivity index (χ1) is 11.3. The van der Waals surface area contributed by atoms with Crippen LogP contribution in [0.3, 0.4) is 0 Å². The van der Waals surface area contributed by atoms with E-state index in [0.29, 0.717) is 23.6 Å². The molecule has 0 aliphatic heterocycles. The maximum Gasteiger partial charge on any atom is 0.191 e. The highest BCUT2D eigenvalue weighted by molar-refractivity contribution is 14.0. The Bertz CT molecular complexity index is 467. The molecule has 4 unspecified atom stereocenters. The number of hydrogen-bond acceptors (Lipinski definition) is 3. The van der Waals surface area contributed by atoms with E-state index in [0.717, 1.165) is 43.9 Å². The number of hydrogen-bond donors (Lipinski definition) is 2. The Hall–Kier alpha value is 0.300. The van der Waals surface area contributed by atoms with E-state index in [1.807, 2.05) is 34.6 Å². The Morgan fingerprint density at radius 2 is 1.88 bits per heavy atom. The van der Waals surface area contributed by atoms with Crippen molar-refractivity contribution in [2.75, 3.05) is 24.6 Å². The zero-order chi connectivity index (χ0) is 18.2. The molecule has 0 aromatic heterocycles. The standard InChI is InChI=1S/C17H35N3O2S2.HI/c1-6-18-16(19-11-12-24(22)17(3,4)5)20-14-9-8-10-15(13-14)23(21)7-2;/h14-15H,6-13H2,1-5H3,(H2,18,19,20);1H. The van der Waals surface area contributed by atoms with Crippen molar-refractivity contribution < 1.29 is 8.42 Å². The number of rotatable bonds is 7. The van der Waals surface area contributed by atoms with Gasteiger partial charge in [0.1, 0.15) is 0 Å². The van der Waals surface area contributed by atoms with Gasteiger partial charge in [-0.1, -0.05) is 13.3 Å². The summed E-state index contributed by atoms with van der Waals surface area (Å²) in [4.78, 5) is 4.58. The van der Waals surface area contributed by atoms with E-state index < -0.39 is 21.6 Å². The van der Waals surface area contributed by atoms with Crippen molar-refractivity contribution in [2.45, 2.75) is 76.3 Å². The molecule has 0 heterocycles. The van der Waals surface area contributed by atoms with Crippen LogP contribution in [0.25, 0.3) is 0 Å². The SMILES string of the molecule is CCNC(=NCCS(=O)C(C)(C)C)NC1CCCC(S(=O)CC)C1.I. The summed E-state index contributed by atoms with van der Waals surface area (Å²) in [5, 5.41) is 7.05. The molecule has 8 heteroatoms. The molecule has 0 spiro atoms. The summed E-state index contributed by atoms with van der Waals surface area (Å²) in [5.41, 5.74) is 0. The summed E-state index contributed by atoms with van der Waals surface area (Å²) in [6, 6.07) is 0.324. The molecular weight excluding hydrogens is 469 g/mol. The minimum Gasteiger partial charge on any atom is -0.357 e. The first kappa shape index (κ1) is 25.3. The molecule has 0 radical (unpaired) electrons. The van der Waals surface area contributed by atoms with Crippen LogP contribution in [0.1, 0.15) is 60.3 Å². The molecule has 2 N–H and O–H groups in total. The van der Waals surface area contributed by atoms with Crippen LogP contribution in [0.4, 0.5) is 0 Å². The second-order valence-corrected chi connectivity index (χ2v) is 11.6. The van der Waals surface area contributed by atoms with E-state index in [1.54, 1.807) is 0 Å². The molecule has 0 aromatic carbocycles. The summed E-state index contributed by atoms with van der Waals surface area (Å²) in [5.74, 6) is 2.11. The fourth-order valence-corrected chi connectivity index (χ4v) is 5.03. The lowest BCUT2D eigenvalue weighted by atomic mass is 9.95. The highest BCUT2D eigenvalue weighted by Crippen LogP contribution is 2.23.